The van der Waals surface area contributed by atoms with Gasteiger partial charge < -0.3 is 15.2 Å². The van der Waals surface area contributed by atoms with E-state index in [1.165, 1.54) is 5.57 Å². The molecule has 144 valence electrons. The fraction of sp³-hybridized carbons (Fsp3) is 0.364. The van der Waals surface area contributed by atoms with Crippen LogP contribution in [0.3, 0.4) is 0 Å². The summed E-state index contributed by atoms with van der Waals surface area (Å²) in [7, 11) is 3.25. The van der Waals surface area contributed by atoms with Gasteiger partial charge in [-0.2, -0.15) is 4.58 Å². The fourth-order valence-electron chi connectivity index (χ4n) is 3.26. The van der Waals surface area contributed by atoms with Crippen LogP contribution in [0, 0.1) is 5.41 Å². The fourth-order valence-corrected chi connectivity index (χ4v) is 3.26. The maximum absolute atomic E-state index is 11.2. The van der Waals surface area contributed by atoms with Gasteiger partial charge in [0.1, 0.15) is 6.72 Å². The van der Waals surface area contributed by atoms with Crippen LogP contribution >= 0.6 is 0 Å². The Balaban J connectivity index is 2.22. The molecule has 1 aromatic rings. The molecule has 0 bridgehead atoms. The number of hydrogen-bond donors (Lipinski definition) is 1. The molecule has 1 aromatic carbocycles. The Bertz CT molecular complexity index is 817. The molecule has 27 heavy (non-hydrogen) atoms. The van der Waals surface area contributed by atoms with Gasteiger partial charge in [-0.25, -0.2) is 0 Å². The second-order valence-electron chi connectivity index (χ2n) is 7.53. The number of benzene rings is 1. The van der Waals surface area contributed by atoms with Crippen LogP contribution in [-0.2, 0) is 4.79 Å². The number of amides is 1. The highest BCUT2D eigenvalue weighted by molar-refractivity contribution is 5.75. The van der Waals surface area contributed by atoms with E-state index < -0.39 is 0 Å². The highest BCUT2D eigenvalue weighted by Gasteiger charge is 2.30. The first-order valence-electron chi connectivity index (χ1n) is 8.90. The molecule has 0 unspecified atom stereocenters. The van der Waals surface area contributed by atoms with Crippen molar-refractivity contribution in [2.75, 3.05) is 20.8 Å². The molecule has 0 aliphatic heterocycles. The summed E-state index contributed by atoms with van der Waals surface area (Å²) < 4.78 is 12.3. The van der Waals surface area contributed by atoms with Gasteiger partial charge in [0.25, 0.3) is 5.91 Å². The minimum atomic E-state index is -0.381. The molecule has 0 radical (unpaired) electrons. The molecule has 1 aliphatic carbocycles. The maximum Gasteiger partial charge on any atom is 0.283 e. The molecule has 0 heterocycles. The van der Waals surface area contributed by atoms with Crippen LogP contribution in [0.1, 0.15) is 32.3 Å². The molecule has 1 aliphatic rings. The van der Waals surface area contributed by atoms with Gasteiger partial charge in [0.15, 0.2) is 17.2 Å². The van der Waals surface area contributed by atoms with Gasteiger partial charge >= 0.3 is 0 Å². The van der Waals surface area contributed by atoms with Crippen molar-refractivity contribution in [1.82, 2.24) is 0 Å². The molecule has 0 saturated heterocycles. The highest BCUT2D eigenvalue weighted by atomic mass is 16.5. The molecule has 5 nitrogen and oxygen atoms in total. The van der Waals surface area contributed by atoms with Gasteiger partial charge in [-0.1, -0.05) is 38.1 Å². The van der Waals surface area contributed by atoms with Gasteiger partial charge in [0, 0.05) is 12.5 Å². The number of primary amides is 1. The molecule has 2 rings (SSSR count). The van der Waals surface area contributed by atoms with Crippen LogP contribution in [0.4, 0.5) is 0 Å². The maximum atomic E-state index is 11.2. The standard InChI is InChI=1S/C22H28N2O3/c1-22(2)13-17(11-18(14-22)24(3)15-21(23)25)8-6-7-16-9-10-19(26-4)20(12-16)27-5/h6-12H,3,13-15H2,1-2,4-5H3,(H-,23,25)/p+1/b7-6+,17-8+. The molecule has 2 N–H and O–H groups in total. The first-order valence-corrected chi connectivity index (χ1v) is 8.90. The third-order valence-electron chi connectivity index (χ3n) is 4.45. The molecule has 0 saturated carbocycles. The lowest BCUT2D eigenvalue weighted by Crippen LogP contribution is -2.29. The number of allylic oxidation sites excluding steroid dienone is 5. The Morgan fingerprint density at radius 1 is 1.26 bits per heavy atom. The van der Waals surface area contributed by atoms with E-state index in [0.29, 0.717) is 11.5 Å². The van der Waals surface area contributed by atoms with Gasteiger partial charge in [0.05, 0.1) is 14.2 Å². The van der Waals surface area contributed by atoms with E-state index in [1.54, 1.807) is 18.8 Å². The van der Waals surface area contributed by atoms with Crippen molar-refractivity contribution in [1.29, 1.82) is 0 Å². The number of carbonyl (C=O) groups is 1. The normalized spacial score (nSPS) is 17.6. The average Bonchev–Trinajstić information content (AvgIpc) is 2.59. The first-order chi connectivity index (χ1) is 12.7. The quantitative estimate of drug-likeness (QED) is 0.590. The Morgan fingerprint density at radius 3 is 2.59 bits per heavy atom. The van der Waals surface area contributed by atoms with Gasteiger partial charge in [-0.05, 0) is 35.1 Å². The molecule has 0 atom stereocenters. The number of nitrogens with zero attached hydrogens (tertiary/aromatic N) is 1. The smallest absolute Gasteiger partial charge is 0.283 e. The summed E-state index contributed by atoms with van der Waals surface area (Å²) in [5.74, 6) is 1.03. The van der Waals surface area contributed by atoms with Crippen molar-refractivity contribution in [3.05, 3.63) is 53.3 Å². The third-order valence-corrected chi connectivity index (χ3v) is 4.45. The second-order valence-corrected chi connectivity index (χ2v) is 7.53. The van der Waals surface area contributed by atoms with Gasteiger partial charge in [-0.15, -0.1) is 0 Å². The van der Waals surface area contributed by atoms with Crippen LogP contribution in [-0.4, -0.2) is 38.0 Å². The topological polar surface area (TPSA) is 64.6 Å². The number of carbonyl (C=O) groups excluding carboxylic acids is 1. The van der Waals surface area contributed by atoms with Crippen LogP contribution in [0.15, 0.2) is 47.7 Å². The van der Waals surface area contributed by atoms with E-state index in [-0.39, 0.29) is 17.9 Å². The minimum absolute atomic E-state index is 0.0979. The van der Waals surface area contributed by atoms with Crippen molar-refractivity contribution in [2.24, 2.45) is 11.1 Å². The van der Waals surface area contributed by atoms with E-state index in [0.717, 1.165) is 24.1 Å². The van der Waals surface area contributed by atoms with Crippen molar-refractivity contribution in [3.63, 3.8) is 0 Å². The number of hydrogen-bond acceptors (Lipinski definition) is 3. The number of ether oxygens (including phenoxy) is 2. The lowest BCUT2D eigenvalue weighted by atomic mass is 9.77. The van der Waals surface area contributed by atoms with E-state index in [9.17, 15) is 4.79 Å². The van der Waals surface area contributed by atoms with E-state index >= 15 is 0 Å². The summed E-state index contributed by atoms with van der Waals surface area (Å²) in [5, 5.41) is 0. The molecular formula is C22H29N2O3+. The predicted molar refractivity (Wildman–Crippen MR) is 109 cm³/mol. The Labute approximate surface area is 161 Å². The Kier molecular flexibility index (Phi) is 6.61. The average molecular weight is 369 g/mol. The number of rotatable bonds is 7. The lowest BCUT2D eigenvalue weighted by Gasteiger charge is -2.28. The van der Waals surface area contributed by atoms with E-state index in [4.69, 9.17) is 15.2 Å². The van der Waals surface area contributed by atoms with E-state index in [1.807, 2.05) is 30.4 Å². The predicted octanol–water partition coefficient (Wildman–Crippen LogP) is 3.55. The molecule has 0 aromatic heterocycles. The zero-order chi connectivity index (χ0) is 20.0. The summed E-state index contributed by atoms with van der Waals surface area (Å²) in [6.45, 7) is 8.50. The summed E-state index contributed by atoms with van der Waals surface area (Å²) in [5.41, 5.74) is 8.64. The number of nitrogens with two attached hydrogens (primary N) is 1. The largest absolute Gasteiger partial charge is 0.493 e. The van der Waals surface area contributed by atoms with Gasteiger partial charge in [-0.3, -0.25) is 4.79 Å². The zero-order valence-electron chi connectivity index (χ0n) is 16.6. The van der Waals surface area contributed by atoms with Gasteiger partial charge in [0.2, 0.25) is 6.54 Å². The Morgan fingerprint density at radius 2 is 1.96 bits per heavy atom. The number of methoxy groups -OCH3 is 2. The van der Waals surface area contributed by atoms with E-state index in [2.05, 4.69) is 32.7 Å². The SMILES string of the molecule is C=[N+](CC(N)=O)C1=C/C(=C\C=C\c2ccc(OC)c(OC)c2)CC(C)(C)C1. The van der Waals surface area contributed by atoms with Crippen molar-refractivity contribution >= 4 is 18.7 Å². The van der Waals surface area contributed by atoms with Crippen LogP contribution in [0.2, 0.25) is 0 Å². The first kappa shape index (κ1) is 20.5. The summed E-state index contributed by atoms with van der Waals surface area (Å²) >= 11 is 0. The lowest BCUT2D eigenvalue weighted by molar-refractivity contribution is -0.460. The minimum Gasteiger partial charge on any atom is -0.493 e. The molecule has 0 spiro atoms. The Hall–Kier alpha value is -2.82. The molecule has 5 heteroatoms. The monoisotopic (exact) mass is 369 g/mol. The summed E-state index contributed by atoms with van der Waals surface area (Å²) in [4.78, 5) is 11.2. The summed E-state index contributed by atoms with van der Waals surface area (Å²) in [6, 6.07) is 5.80. The van der Waals surface area contributed by atoms with Crippen molar-refractivity contribution < 1.29 is 18.8 Å². The second kappa shape index (κ2) is 8.71. The third kappa shape index (κ3) is 5.84. The van der Waals surface area contributed by atoms with Crippen LogP contribution < -0.4 is 15.2 Å². The molecule has 1 amide bonds. The van der Waals surface area contributed by atoms with Crippen LogP contribution in [0.25, 0.3) is 6.08 Å². The molecular weight excluding hydrogens is 340 g/mol. The van der Waals surface area contributed by atoms with Crippen molar-refractivity contribution in [2.45, 2.75) is 26.7 Å². The molecule has 0 fully saturated rings. The highest BCUT2D eigenvalue weighted by Crippen LogP contribution is 2.38. The summed E-state index contributed by atoms with van der Waals surface area (Å²) in [6.07, 6.45) is 10.1. The van der Waals surface area contributed by atoms with Crippen LogP contribution in [0.5, 0.6) is 11.5 Å². The zero-order valence-corrected chi connectivity index (χ0v) is 16.6. The van der Waals surface area contributed by atoms with Crippen molar-refractivity contribution in [3.8, 4) is 11.5 Å².